The largest absolute Gasteiger partial charge is 0.487 e. The van der Waals surface area contributed by atoms with Gasteiger partial charge in [0.25, 0.3) is 0 Å². The van der Waals surface area contributed by atoms with E-state index < -0.39 is 0 Å². The van der Waals surface area contributed by atoms with Gasteiger partial charge in [-0.3, -0.25) is 0 Å². The van der Waals surface area contributed by atoms with E-state index >= 15 is 0 Å². The standard InChI is InChI=1S/C16H20N2O2/c1-12(17)10-13-6-8-15(9-7-13)20-11-14-4-3-5-16(18-14)19-2/h3-9,12H,10-11,17H2,1-2H3. The van der Waals surface area contributed by atoms with Gasteiger partial charge in [0.1, 0.15) is 12.4 Å². The third-order valence-electron chi connectivity index (χ3n) is 2.86. The molecule has 0 aliphatic heterocycles. The minimum Gasteiger partial charge on any atom is -0.487 e. The van der Waals surface area contributed by atoms with E-state index in [9.17, 15) is 0 Å². The van der Waals surface area contributed by atoms with Crippen molar-refractivity contribution in [2.24, 2.45) is 5.73 Å². The Labute approximate surface area is 119 Å². The first kappa shape index (κ1) is 14.3. The zero-order valence-corrected chi connectivity index (χ0v) is 11.9. The van der Waals surface area contributed by atoms with Crippen LogP contribution in [0.15, 0.2) is 42.5 Å². The minimum atomic E-state index is 0.169. The van der Waals surface area contributed by atoms with Gasteiger partial charge in [0.15, 0.2) is 0 Å². The first-order valence-corrected chi connectivity index (χ1v) is 6.64. The summed E-state index contributed by atoms with van der Waals surface area (Å²) in [7, 11) is 1.60. The maximum absolute atomic E-state index is 5.77. The van der Waals surface area contributed by atoms with Gasteiger partial charge in [-0.1, -0.05) is 18.2 Å². The number of nitrogens with zero attached hydrogens (tertiary/aromatic N) is 1. The monoisotopic (exact) mass is 272 g/mol. The van der Waals surface area contributed by atoms with E-state index in [-0.39, 0.29) is 6.04 Å². The molecule has 0 aliphatic rings. The maximum atomic E-state index is 5.77. The predicted molar refractivity (Wildman–Crippen MR) is 78.9 cm³/mol. The lowest BCUT2D eigenvalue weighted by molar-refractivity contribution is 0.298. The van der Waals surface area contributed by atoms with Crippen molar-refractivity contribution in [2.75, 3.05) is 7.11 Å². The zero-order valence-electron chi connectivity index (χ0n) is 11.9. The van der Waals surface area contributed by atoms with E-state index in [1.165, 1.54) is 5.56 Å². The summed E-state index contributed by atoms with van der Waals surface area (Å²) < 4.78 is 10.8. The topological polar surface area (TPSA) is 57.4 Å². The van der Waals surface area contributed by atoms with E-state index in [4.69, 9.17) is 15.2 Å². The van der Waals surface area contributed by atoms with Gasteiger partial charge in [-0.25, -0.2) is 4.98 Å². The lowest BCUT2D eigenvalue weighted by Gasteiger charge is -2.09. The Hall–Kier alpha value is -2.07. The Balaban J connectivity index is 1.93. The fourth-order valence-electron chi connectivity index (χ4n) is 1.90. The Kier molecular flexibility index (Phi) is 4.96. The Morgan fingerprint density at radius 3 is 2.55 bits per heavy atom. The number of hydrogen-bond donors (Lipinski definition) is 1. The quantitative estimate of drug-likeness (QED) is 0.878. The summed E-state index contributed by atoms with van der Waals surface area (Å²) in [6, 6.07) is 13.8. The van der Waals surface area contributed by atoms with Crippen LogP contribution in [0.5, 0.6) is 11.6 Å². The van der Waals surface area contributed by atoms with Crippen LogP contribution in [0.25, 0.3) is 0 Å². The van der Waals surface area contributed by atoms with Crippen LogP contribution in [0.1, 0.15) is 18.2 Å². The van der Waals surface area contributed by atoms with Gasteiger partial charge in [-0.05, 0) is 37.1 Å². The first-order valence-electron chi connectivity index (χ1n) is 6.64. The molecule has 0 fully saturated rings. The summed E-state index contributed by atoms with van der Waals surface area (Å²) >= 11 is 0. The van der Waals surface area contributed by atoms with Gasteiger partial charge in [-0.15, -0.1) is 0 Å². The number of nitrogens with two attached hydrogens (primary N) is 1. The van der Waals surface area contributed by atoms with Gasteiger partial charge in [0, 0.05) is 12.1 Å². The molecular formula is C16H20N2O2. The summed E-state index contributed by atoms with van der Waals surface area (Å²) in [5, 5.41) is 0. The average molecular weight is 272 g/mol. The number of ether oxygens (including phenoxy) is 2. The molecule has 4 nitrogen and oxygen atoms in total. The molecule has 0 bridgehead atoms. The molecule has 2 N–H and O–H groups in total. The fraction of sp³-hybridized carbons (Fsp3) is 0.312. The zero-order chi connectivity index (χ0) is 14.4. The molecular weight excluding hydrogens is 252 g/mol. The van der Waals surface area contributed by atoms with E-state index in [1.807, 2.05) is 49.4 Å². The molecule has 0 spiro atoms. The highest BCUT2D eigenvalue weighted by atomic mass is 16.5. The summed E-state index contributed by atoms with van der Waals surface area (Å²) in [6.07, 6.45) is 0.873. The SMILES string of the molecule is COc1cccc(COc2ccc(CC(C)N)cc2)n1. The molecule has 0 radical (unpaired) electrons. The van der Waals surface area contributed by atoms with E-state index in [1.54, 1.807) is 7.11 Å². The number of methoxy groups -OCH3 is 1. The van der Waals surface area contributed by atoms with Crippen molar-refractivity contribution in [1.82, 2.24) is 4.98 Å². The highest BCUT2D eigenvalue weighted by Gasteiger charge is 2.01. The predicted octanol–water partition coefficient (Wildman–Crippen LogP) is 2.56. The molecule has 4 heteroatoms. The van der Waals surface area contributed by atoms with Crippen molar-refractivity contribution in [3.8, 4) is 11.6 Å². The summed E-state index contributed by atoms with van der Waals surface area (Å²) in [5.41, 5.74) is 7.82. The second kappa shape index (κ2) is 6.91. The van der Waals surface area contributed by atoms with Crippen molar-refractivity contribution in [3.05, 3.63) is 53.7 Å². The maximum Gasteiger partial charge on any atom is 0.213 e. The van der Waals surface area contributed by atoms with Crippen LogP contribution in [0.3, 0.4) is 0 Å². The van der Waals surface area contributed by atoms with Gasteiger partial charge < -0.3 is 15.2 Å². The normalized spacial score (nSPS) is 11.9. The smallest absolute Gasteiger partial charge is 0.213 e. The molecule has 1 atom stereocenters. The molecule has 20 heavy (non-hydrogen) atoms. The molecule has 0 saturated carbocycles. The molecule has 2 aromatic rings. The second-order valence-corrected chi connectivity index (χ2v) is 4.79. The highest BCUT2D eigenvalue weighted by molar-refractivity contribution is 5.28. The van der Waals surface area contributed by atoms with Crippen molar-refractivity contribution >= 4 is 0 Å². The number of rotatable bonds is 6. The van der Waals surface area contributed by atoms with Crippen LogP contribution in [0.4, 0.5) is 0 Å². The van der Waals surface area contributed by atoms with Crippen LogP contribution in [-0.4, -0.2) is 18.1 Å². The van der Waals surface area contributed by atoms with E-state index in [2.05, 4.69) is 4.98 Å². The molecule has 0 amide bonds. The number of aromatic nitrogens is 1. The van der Waals surface area contributed by atoms with Crippen LogP contribution in [0.2, 0.25) is 0 Å². The molecule has 0 saturated heterocycles. The Bertz CT molecular complexity index is 538. The van der Waals surface area contributed by atoms with Crippen LogP contribution in [0, 0.1) is 0 Å². The average Bonchev–Trinajstić information content (AvgIpc) is 2.46. The molecule has 1 unspecified atom stereocenters. The fourth-order valence-corrected chi connectivity index (χ4v) is 1.90. The second-order valence-electron chi connectivity index (χ2n) is 4.79. The van der Waals surface area contributed by atoms with Crippen molar-refractivity contribution < 1.29 is 9.47 Å². The van der Waals surface area contributed by atoms with E-state index in [0.29, 0.717) is 12.5 Å². The van der Waals surface area contributed by atoms with Gasteiger partial charge in [0.05, 0.1) is 12.8 Å². The third-order valence-corrected chi connectivity index (χ3v) is 2.86. The molecule has 106 valence electrons. The number of hydrogen-bond acceptors (Lipinski definition) is 4. The molecule has 1 aromatic carbocycles. The molecule has 1 aromatic heterocycles. The Morgan fingerprint density at radius 2 is 1.90 bits per heavy atom. The number of benzene rings is 1. The minimum absolute atomic E-state index is 0.169. The van der Waals surface area contributed by atoms with Gasteiger partial charge in [0.2, 0.25) is 5.88 Å². The van der Waals surface area contributed by atoms with Gasteiger partial charge >= 0.3 is 0 Å². The summed E-state index contributed by atoms with van der Waals surface area (Å²) in [5.74, 6) is 1.42. The summed E-state index contributed by atoms with van der Waals surface area (Å²) in [4.78, 5) is 4.30. The highest BCUT2D eigenvalue weighted by Crippen LogP contribution is 2.15. The van der Waals surface area contributed by atoms with Crippen molar-refractivity contribution in [1.29, 1.82) is 0 Å². The Morgan fingerprint density at radius 1 is 1.15 bits per heavy atom. The first-order chi connectivity index (χ1) is 9.67. The lowest BCUT2D eigenvalue weighted by atomic mass is 10.1. The van der Waals surface area contributed by atoms with Crippen LogP contribution >= 0.6 is 0 Å². The number of pyridine rings is 1. The van der Waals surface area contributed by atoms with Crippen molar-refractivity contribution in [3.63, 3.8) is 0 Å². The van der Waals surface area contributed by atoms with Gasteiger partial charge in [-0.2, -0.15) is 0 Å². The van der Waals surface area contributed by atoms with Crippen LogP contribution < -0.4 is 15.2 Å². The molecule has 0 aliphatic carbocycles. The van der Waals surface area contributed by atoms with Crippen molar-refractivity contribution in [2.45, 2.75) is 26.0 Å². The summed E-state index contributed by atoms with van der Waals surface area (Å²) in [6.45, 7) is 2.42. The van der Waals surface area contributed by atoms with Crippen LogP contribution in [-0.2, 0) is 13.0 Å². The molecule has 1 heterocycles. The van der Waals surface area contributed by atoms with E-state index in [0.717, 1.165) is 17.9 Å². The molecule has 2 rings (SSSR count). The third kappa shape index (κ3) is 4.24. The lowest BCUT2D eigenvalue weighted by Crippen LogP contribution is -2.17.